The number of fused-ring (bicyclic) bond motifs is 1. The number of nitrogens with one attached hydrogen (secondary N) is 1. The second-order valence-corrected chi connectivity index (χ2v) is 9.72. The summed E-state index contributed by atoms with van der Waals surface area (Å²) in [5.41, 5.74) is 4.24. The standard InChI is InChI=1S/C30H35FN2O2/c1-21(2)15-17-32-30(34)22(3)35-26-14-13-23-16-18-33(20-25-11-7-8-12-28(25)31)29(27(23)19-26)24-9-5-4-6-10-24/h4-14,19,21-22,29H,15-18,20H2,1-3H3,(H,32,34). The highest BCUT2D eigenvalue weighted by Crippen LogP contribution is 2.38. The van der Waals surface area contributed by atoms with Gasteiger partial charge in [-0.25, -0.2) is 4.39 Å². The topological polar surface area (TPSA) is 41.6 Å². The monoisotopic (exact) mass is 474 g/mol. The first-order valence-electron chi connectivity index (χ1n) is 12.5. The lowest BCUT2D eigenvalue weighted by Gasteiger charge is -2.38. The summed E-state index contributed by atoms with van der Waals surface area (Å²) in [6.07, 6.45) is 1.22. The van der Waals surface area contributed by atoms with Gasteiger partial charge >= 0.3 is 0 Å². The van der Waals surface area contributed by atoms with E-state index in [1.165, 1.54) is 11.6 Å². The molecular formula is C30H35FN2O2. The minimum absolute atomic E-state index is 0.0294. The second kappa shape index (κ2) is 11.5. The Kier molecular flexibility index (Phi) is 8.19. The average Bonchev–Trinajstić information content (AvgIpc) is 2.85. The lowest BCUT2D eigenvalue weighted by Crippen LogP contribution is -2.37. The summed E-state index contributed by atoms with van der Waals surface area (Å²) in [6, 6.07) is 23.4. The molecular weight excluding hydrogens is 439 g/mol. The lowest BCUT2D eigenvalue weighted by molar-refractivity contribution is -0.127. The van der Waals surface area contributed by atoms with E-state index in [0.29, 0.717) is 30.3 Å². The Balaban J connectivity index is 1.58. The quantitative estimate of drug-likeness (QED) is 0.420. The van der Waals surface area contributed by atoms with Crippen LogP contribution in [0.15, 0.2) is 72.8 Å². The maximum absolute atomic E-state index is 14.5. The van der Waals surface area contributed by atoms with Gasteiger partial charge in [0.25, 0.3) is 5.91 Å². The summed E-state index contributed by atoms with van der Waals surface area (Å²) in [5.74, 6) is 0.919. The van der Waals surface area contributed by atoms with Crippen LogP contribution in [0.5, 0.6) is 5.75 Å². The summed E-state index contributed by atoms with van der Waals surface area (Å²) in [4.78, 5) is 14.8. The van der Waals surface area contributed by atoms with Gasteiger partial charge in [0.15, 0.2) is 6.10 Å². The number of nitrogens with zero attached hydrogens (tertiary/aromatic N) is 1. The molecule has 5 heteroatoms. The van der Waals surface area contributed by atoms with Crippen LogP contribution in [0.3, 0.4) is 0 Å². The molecule has 0 aliphatic carbocycles. The van der Waals surface area contributed by atoms with E-state index in [9.17, 15) is 9.18 Å². The summed E-state index contributed by atoms with van der Waals surface area (Å²) < 4.78 is 20.6. The Morgan fingerprint density at radius 2 is 1.80 bits per heavy atom. The molecule has 0 bridgehead atoms. The van der Waals surface area contributed by atoms with Crippen molar-refractivity contribution in [2.75, 3.05) is 13.1 Å². The highest BCUT2D eigenvalue weighted by Gasteiger charge is 2.30. The third-order valence-corrected chi connectivity index (χ3v) is 6.60. The lowest BCUT2D eigenvalue weighted by atomic mass is 9.87. The van der Waals surface area contributed by atoms with Gasteiger partial charge in [0.1, 0.15) is 11.6 Å². The maximum Gasteiger partial charge on any atom is 0.260 e. The van der Waals surface area contributed by atoms with Crippen molar-refractivity contribution in [2.45, 2.75) is 52.3 Å². The third kappa shape index (κ3) is 6.29. The number of carbonyl (C=O) groups is 1. The van der Waals surface area contributed by atoms with Gasteiger partial charge in [0.05, 0.1) is 6.04 Å². The molecule has 4 nitrogen and oxygen atoms in total. The van der Waals surface area contributed by atoms with E-state index in [4.69, 9.17) is 4.74 Å². The van der Waals surface area contributed by atoms with Crippen LogP contribution in [-0.4, -0.2) is 30.0 Å². The normalized spacial score (nSPS) is 16.5. The molecule has 0 saturated carbocycles. The van der Waals surface area contributed by atoms with Crippen molar-refractivity contribution < 1.29 is 13.9 Å². The average molecular weight is 475 g/mol. The number of rotatable bonds is 9. The van der Waals surface area contributed by atoms with Crippen LogP contribution in [0.1, 0.15) is 55.5 Å². The number of amides is 1. The Labute approximate surface area is 208 Å². The maximum atomic E-state index is 14.5. The fourth-order valence-corrected chi connectivity index (χ4v) is 4.65. The zero-order valence-electron chi connectivity index (χ0n) is 20.8. The fraction of sp³-hybridized carbons (Fsp3) is 0.367. The molecule has 4 rings (SSSR count). The van der Waals surface area contributed by atoms with Crippen molar-refractivity contribution in [3.8, 4) is 5.75 Å². The van der Waals surface area contributed by atoms with Crippen molar-refractivity contribution in [3.05, 3.63) is 101 Å². The Hall–Kier alpha value is -3.18. The van der Waals surface area contributed by atoms with Gasteiger partial charge in [-0.15, -0.1) is 0 Å². The summed E-state index contributed by atoms with van der Waals surface area (Å²) in [7, 11) is 0. The van der Waals surface area contributed by atoms with Gasteiger partial charge in [-0.2, -0.15) is 0 Å². The molecule has 0 aromatic heterocycles. The predicted octanol–water partition coefficient (Wildman–Crippen LogP) is 5.90. The number of carbonyl (C=O) groups excluding carboxylic acids is 1. The van der Waals surface area contributed by atoms with E-state index in [1.807, 2.05) is 36.4 Å². The van der Waals surface area contributed by atoms with Gasteiger partial charge in [-0.1, -0.05) is 68.4 Å². The van der Waals surface area contributed by atoms with Gasteiger partial charge in [0.2, 0.25) is 0 Å². The van der Waals surface area contributed by atoms with Crippen molar-refractivity contribution in [1.82, 2.24) is 10.2 Å². The molecule has 0 spiro atoms. The summed E-state index contributed by atoms with van der Waals surface area (Å²) in [6.45, 7) is 8.05. The van der Waals surface area contributed by atoms with E-state index >= 15 is 0 Å². The molecule has 3 aromatic rings. The highest BCUT2D eigenvalue weighted by molar-refractivity contribution is 5.80. The fourth-order valence-electron chi connectivity index (χ4n) is 4.65. The third-order valence-electron chi connectivity index (χ3n) is 6.60. The molecule has 1 aliphatic rings. The first-order valence-corrected chi connectivity index (χ1v) is 12.5. The van der Waals surface area contributed by atoms with Crippen LogP contribution in [0.2, 0.25) is 0 Å². The van der Waals surface area contributed by atoms with E-state index < -0.39 is 6.10 Å². The van der Waals surface area contributed by atoms with Crippen molar-refractivity contribution in [1.29, 1.82) is 0 Å². The molecule has 2 atom stereocenters. The molecule has 1 N–H and O–H groups in total. The summed E-state index contributed by atoms with van der Waals surface area (Å²) in [5, 5.41) is 2.96. The predicted molar refractivity (Wildman–Crippen MR) is 138 cm³/mol. The van der Waals surface area contributed by atoms with Crippen LogP contribution in [0, 0.1) is 11.7 Å². The SMILES string of the molecule is CC(C)CCNC(=O)C(C)Oc1ccc2c(c1)C(c1ccccc1)N(Cc1ccccc1F)CC2. The molecule has 0 radical (unpaired) electrons. The highest BCUT2D eigenvalue weighted by atomic mass is 19.1. The van der Waals surface area contributed by atoms with E-state index in [2.05, 4.69) is 48.3 Å². The van der Waals surface area contributed by atoms with Gasteiger partial charge in [-0.05, 0) is 60.6 Å². The smallest absolute Gasteiger partial charge is 0.260 e. The number of hydrogen-bond acceptors (Lipinski definition) is 3. The van der Waals surface area contributed by atoms with Crippen LogP contribution in [0.25, 0.3) is 0 Å². The first kappa shape index (κ1) is 24.9. The van der Waals surface area contributed by atoms with E-state index in [0.717, 1.165) is 30.5 Å². The number of benzene rings is 3. The minimum atomic E-state index is -0.589. The zero-order valence-corrected chi connectivity index (χ0v) is 20.8. The van der Waals surface area contributed by atoms with Gasteiger partial charge in [0, 0.05) is 25.2 Å². The molecule has 0 fully saturated rings. The van der Waals surface area contributed by atoms with Crippen molar-refractivity contribution in [3.63, 3.8) is 0 Å². The molecule has 3 aromatic carbocycles. The van der Waals surface area contributed by atoms with Gasteiger partial charge in [-0.3, -0.25) is 9.69 Å². The Bertz CT molecular complexity index is 1130. The zero-order chi connectivity index (χ0) is 24.8. The van der Waals surface area contributed by atoms with Crippen LogP contribution in [-0.2, 0) is 17.8 Å². The molecule has 2 unspecified atom stereocenters. The minimum Gasteiger partial charge on any atom is -0.481 e. The van der Waals surface area contributed by atoms with E-state index in [-0.39, 0.29) is 17.8 Å². The second-order valence-electron chi connectivity index (χ2n) is 9.72. The number of halogens is 1. The molecule has 1 heterocycles. The number of hydrogen-bond donors (Lipinski definition) is 1. The molecule has 1 aliphatic heterocycles. The Morgan fingerprint density at radius 3 is 2.54 bits per heavy atom. The Morgan fingerprint density at radius 1 is 1.06 bits per heavy atom. The molecule has 35 heavy (non-hydrogen) atoms. The largest absolute Gasteiger partial charge is 0.481 e. The van der Waals surface area contributed by atoms with Crippen molar-refractivity contribution >= 4 is 5.91 Å². The van der Waals surface area contributed by atoms with Gasteiger partial charge < -0.3 is 10.1 Å². The molecule has 184 valence electrons. The summed E-state index contributed by atoms with van der Waals surface area (Å²) >= 11 is 0. The number of ether oxygens (including phenoxy) is 1. The first-order chi connectivity index (χ1) is 16.9. The van der Waals surface area contributed by atoms with Crippen molar-refractivity contribution in [2.24, 2.45) is 5.92 Å². The van der Waals surface area contributed by atoms with Crippen LogP contribution < -0.4 is 10.1 Å². The molecule has 0 saturated heterocycles. The van der Waals surface area contributed by atoms with E-state index in [1.54, 1.807) is 13.0 Å². The van der Waals surface area contributed by atoms with Crippen LogP contribution in [0.4, 0.5) is 4.39 Å². The molecule has 1 amide bonds. The van der Waals surface area contributed by atoms with Crippen LogP contribution >= 0.6 is 0 Å².